The van der Waals surface area contributed by atoms with Crippen molar-refractivity contribution in [1.82, 2.24) is 30.5 Å². The molecular formula is C21H19N7O4. The van der Waals surface area contributed by atoms with Crippen molar-refractivity contribution in [2.24, 2.45) is 0 Å². The molecule has 162 valence electrons. The van der Waals surface area contributed by atoms with E-state index in [0.717, 1.165) is 11.3 Å². The maximum absolute atomic E-state index is 12.5. The molecule has 0 aliphatic rings. The molecule has 0 fully saturated rings. The molecule has 0 radical (unpaired) electrons. The number of aromatic nitrogens is 5. The van der Waals surface area contributed by atoms with Crippen LogP contribution >= 0.6 is 0 Å². The summed E-state index contributed by atoms with van der Waals surface area (Å²) in [7, 11) is 0. The summed E-state index contributed by atoms with van der Waals surface area (Å²) in [5.41, 5.74) is 1.58. The van der Waals surface area contributed by atoms with Crippen LogP contribution in [0.3, 0.4) is 0 Å². The van der Waals surface area contributed by atoms with Crippen molar-refractivity contribution in [1.29, 1.82) is 0 Å². The summed E-state index contributed by atoms with van der Waals surface area (Å²) in [6.07, 6.45) is 0. The number of carbonyl (C=O) groups is 2. The van der Waals surface area contributed by atoms with Gasteiger partial charge in [0.05, 0.1) is 34.4 Å². The smallest absolute Gasteiger partial charge is 0.274 e. The largest absolute Gasteiger partial charge is 0.342 e. The standard InChI is InChI=1S/C21H19N7O4/c1-11-6-8-13(9-7-11)28-12(2)18(24-27-28)21(32)22-10-16(29)23-15-5-3-4-14-17(15)20(31)26-25-19(14)30/h3-9H,10H2,1-2H3,(H,22,32)(H,23,29)(H,25,30)(H,26,31). The highest BCUT2D eigenvalue weighted by atomic mass is 16.2. The maximum atomic E-state index is 12.5. The second kappa shape index (κ2) is 8.30. The molecule has 0 bridgehead atoms. The molecule has 0 unspecified atom stereocenters. The second-order valence-electron chi connectivity index (χ2n) is 7.14. The normalized spacial score (nSPS) is 10.8. The summed E-state index contributed by atoms with van der Waals surface area (Å²) < 4.78 is 1.54. The topological polar surface area (TPSA) is 155 Å². The number of fused-ring (bicyclic) bond motifs is 1. The van der Waals surface area contributed by atoms with Crippen LogP contribution in [0, 0.1) is 13.8 Å². The van der Waals surface area contributed by atoms with E-state index < -0.39 is 22.9 Å². The Morgan fingerprint density at radius 1 is 1.00 bits per heavy atom. The van der Waals surface area contributed by atoms with E-state index in [1.807, 2.05) is 31.2 Å². The monoisotopic (exact) mass is 433 g/mol. The first-order valence-electron chi connectivity index (χ1n) is 9.66. The fourth-order valence-electron chi connectivity index (χ4n) is 3.24. The van der Waals surface area contributed by atoms with E-state index in [4.69, 9.17) is 0 Å². The van der Waals surface area contributed by atoms with Crippen LogP contribution in [0.5, 0.6) is 0 Å². The lowest BCUT2D eigenvalue weighted by molar-refractivity contribution is -0.115. The van der Waals surface area contributed by atoms with Crippen LogP contribution < -0.4 is 21.8 Å². The molecule has 4 N–H and O–H groups in total. The number of hydrogen-bond acceptors (Lipinski definition) is 6. The van der Waals surface area contributed by atoms with Crippen LogP contribution in [0.15, 0.2) is 52.1 Å². The number of nitrogens with zero attached hydrogens (tertiary/aromatic N) is 3. The number of hydrogen-bond donors (Lipinski definition) is 4. The maximum Gasteiger partial charge on any atom is 0.274 e. The molecule has 2 heterocycles. The van der Waals surface area contributed by atoms with Crippen molar-refractivity contribution >= 4 is 28.3 Å². The summed E-state index contributed by atoms with van der Waals surface area (Å²) in [5, 5.41) is 17.6. The Morgan fingerprint density at radius 3 is 2.47 bits per heavy atom. The minimum Gasteiger partial charge on any atom is -0.342 e. The third-order valence-electron chi connectivity index (χ3n) is 4.90. The molecule has 2 aromatic heterocycles. The molecule has 11 heteroatoms. The highest BCUT2D eigenvalue weighted by Crippen LogP contribution is 2.16. The van der Waals surface area contributed by atoms with Crippen LogP contribution in [0.25, 0.3) is 16.5 Å². The zero-order valence-electron chi connectivity index (χ0n) is 17.2. The predicted molar refractivity (Wildman–Crippen MR) is 117 cm³/mol. The Labute approximate surface area is 180 Å². The number of rotatable bonds is 5. The molecule has 0 aliphatic carbocycles. The fourth-order valence-corrected chi connectivity index (χ4v) is 3.24. The van der Waals surface area contributed by atoms with E-state index in [-0.39, 0.29) is 28.7 Å². The van der Waals surface area contributed by atoms with Gasteiger partial charge in [0.1, 0.15) is 0 Å². The van der Waals surface area contributed by atoms with Crippen molar-refractivity contribution in [2.75, 3.05) is 11.9 Å². The number of anilines is 1. The van der Waals surface area contributed by atoms with Gasteiger partial charge < -0.3 is 10.6 Å². The minimum absolute atomic E-state index is 0.0489. The molecule has 4 aromatic rings. The van der Waals surface area contributed by atoms with Crippen LogP contribution in [0.4, 0.5) is 5.69 Å². The van der Waals surface area contributed by atoms with Crippen molar-refractivity contribution < 1.29 is 9.59 Å². The summed E-state index contributed by atoms with van der Waals surface area (Å²) in [5.74, 6) is -1.14. The molecule has 0 saturated carbocycles. The van der Waals surface area contributed by atoms with E-state index >= 15 is 0 Å². The Kier molecular flexibility index (Phi) is 5.37. The van der Waals surface area contributed by atoms with Crippen LogP contribution in [-0.2, 0) is 4.79 Å². The van der Waals surface area contributed by atoms with Gasteiger partial charge in [-0.05, 0) is 38.1 Å². The molecule has 0 saturated heterocycles. The van der Waals surface area contributed by atoms with E-state index in [2.05, 4.69) is 31.1 Å². The Balaban J connectivity index is 1.47. The predicted octanol–water partition coefficient (Wildman–Crippen LogP) is 0.782. The van der Waals surface area contributed by atoms with Gasteiger partial charge in [0.15, 0.2) is 5.69 Å². The lowest BCUT2D eigenvalue weighted by atomic mass is 10.1. The first-order valence-corrected chi connectivity index (χ1v) is 9.66. The molecule has 2 amide bonds. The van der Waals surface area contributed by atoms with Gasteiger partial charge in [-0.2, -0.15) is 0 Å². The molecule has 0 spiro atoms. The Morgan fingerprint density at radius 2 is 1.72 bits per heavy atom. The fraction of sp³-hybridized carbons (Fsp3) is 0.143. The SMILES string of the molecule is Cc1ccc(-n2nnc(C(=O)NCC(=O)Nc3cccc4c(=O)[nH][nH]c(=O)c34)c2C)cc1. The molecule has 0 aliphatic heterocycles. The molecule has 4 rings (SSSR count). The highest BCUT2D eigenvalue weighted by Gasteiger charge is 2.18. The number of H-pyrrole nitrogens is 2. The van der Waals surface area contributed by atoms with Crippen molar-refractivity contribution in [3.8, 4) is 5.69 Å². The summed E-state index contributed by atoms with van der Waals surface area (Å²) in [6.45, 7) is 3.30. The summed E-state index contributed by atoms with van der Waals surface area (Å²) in [6, 6.07) is 12.1. The molecule has 11 nitrogen and oxygen atoms in total. The lowest BCUT2D eigenvalue weighted by Gasteiger charge is -2.08. The van der Waals surface area contributed by atoms with Crippen LogP contribution in [0.1, 0.15) is 21.7 Å². The number of nitrogens with one attached hydrogen (secondary N) is 4. The van der Waals surface area contributed by atoms with Crippen molar-refractivity contribution in [2.45, 2.75) is 13.8 Å². The summed E-state index contributed by atoms with van der Waals surface area (Å²) >= 11 is 0. The molecule has 0 atom stereocenters. The van der Waals surface area contributed by atoms with Crippen LogP contribution in [0.2, 0.25) is 0 Å². The van der Waals surface area contributed by atoms with Crippen molar-refractivity contribution in [3.05, 3.63) is 80.1 Å². The third kappa shape index (κ3) is 3.90. The van der Waals surface area contributed by atoms with Gasteiger partial charge >= 0.3 is 0 Å². The van der Waals surface area contributed by atoms with Gasteiger partial charge in [0, 0.05) is 0 Å². The number of carbonyl (C=O) groups excluding carboxylic acids is 2. The van der Waals surface area contributed by atoms with Gasteiger partial charge in [-0.1, -0.05) is 29.0 Å². The number of aryl methyl sites for hydroxylation is 1. The minimum atomic E-state index is -0.575. The van der Waals surface area contributed by atoms with E-state index in [1.165, 1.54) is 22.9 Å². The Bertz CT molecular complexity index is 1450. The van der Waals surface area contributed by atoms with Crippen LogP contribution in [-0.4, -0.2) is 43.6 Å². The molecule has 32 heavy (non-hydrogen) atoms. The first-order chi connectivity index (χ1) is 15.3. The van der Waals surface area contributed by atoms with E-state index in [9.17, 15) is 19.2 Å². The lowest BCUT2D eigenvalue weighted by Crippen LogP contribution is -2.33. The van der Waals surface area contributed by atoms with Crippen molar-refractivity contribution in [3.63, 3.8) is 0 Å². The number of amides is 2. The molecular weight excluding hydrogens is 414 g/mol. The summed E-state index contributed by atoms with van der Waals surface area (Å²) in [4.78, 5) is 48.9. The second-order valence-corrected chi connectivity index (χ2v) is 7.14. The van der Waals surface area contributed by atoms with Gasteiger partial charge in [0.25, 0.3) is 17.0 Å². The number of benzene rings is 2. The zero-order valence-corrected chi connectivity index (χ0v) is 17.2. The van der Waals surface area contributed by atoms with Gasteiger partial charge in [-0.25, -0.2) is 4.68 Å². The average molecular weight is 433 g/mol. The number of aromatic amines is 2. The Hall–Kier alpha value is -4.54. The highest BCUT2D eigenvalue weighted by molar-refractivity contribution is 6.03. The van der Waals surface area contributed by atoms with E-state index in [0.29, 0.717) is 5.69 Å². The zero-order chi connectivity index (χ0) is 22.8. The van der Waals surface area contributed by atoms with Gasteiger partial charge in [-0.3, -0.25) is 29.4 Å². The van der Waals surface area contributed by atoms with E-state index in [1.54, 1.807) is 6.92 Å². The molecule has 2 aromatic carbocycles. The quantitative estimate of drug-likeness (QED) is 0.365. The van der Waals surface area contributed by atoms with Gasteiger partial charge in [-0.15, -0.1) is 5.10 Å². The first kappa shape index (κ1) is 20.7. The third-order valence-corrected chi connectivity index (χ3v) is 4.90. The van der Waals surface area contributed by atoms with Gasteiger partial charge in [0.2, 0.25) is 5.91 Å². The average Bonchev–Trinajstić information content (AvgIpc) is 3.16.